The normalized spacial score (nSPS) is 10.4. The van der Waals surface area contributed by atoms with E-state index in [1.165, 1.54) is 19.2 Å². The molecule has 0 fully saturated rings. The fourth-order valence-corrected chi connectivity index (χ4v) is 2.49. The Balaban J connectivity index is 2.63. The molecule has 18 heavy (non-hydrogen) atoms. The van der Waals surface area contributed by atoms with E-state index < -0.39 is 5.97 Å². The number of ether oxygens (including phenoxy) is 1. The largest absolute Gasteiger partial charge is 0.464 e. The van der Waals surface area contributed by atoms with Gasteiger partial charge in [0.25, 0.3) is 0 Å². The van der Waals surface area contributed by atoms with Crippen molar-refractivity contribution in [3.8, 4) is 10.4 Å². The first-order valence-electron chi connectivity index (χ1n) is 5.14. The van der Waals surface area contributed by atoms with Crippen LogP contribution in [0.25, 0.3) is 10.4 Å². The quantitative estimate of drug-likeness (QED) is 0.849. The first-order valence-corrected chi connectivity index (χ1v) is 5.95. The molecular weight excluding hydrogens is 255 g/mol. The number of carbonyl (C=O) groups excluding carboxylic acids is 1. The lowest BCUT2D eigenvalue weighted by atomic mass is 10.1. The van der Waals surface area contributed by atoms with Gasteiger partial charge in [0.1, 0.15) is 5.82 Å². The minimum atomic E-state index is -0.582. The number of hydrogen-bond acceptors (Lipinski definition) is 5. The number of halogens is 1. The van der Waals surface area contributed by atoms with E-state index in [1.54, 1.807) is 6.07 Å². The number of esters is 1. The number of benzene rings is 1. The van der Waals surface area contributed by atoms with E-state index in [-0.39, 0.29) is 16.6 Å². The zero-order valence-electron chi connectivity index (χ0n) is 9.86. The number of methoxy groups -OCH3 is 1. The molecule has 2 aromatic rings. The summed E-state index contributed by atoms with van der Waals surface area (Å²) < 4.78 is 17.9. The van der Waals surface area contributed by atoms with E-state index in [0.29, 0.717) is 10.4 Å². The zero-order chi connectivity index (χ0) is 13.3. The molecule has 0 spiro atoms. The Bertz CT molecular complexity index is 610. The number of carbonyl (C=O) groups is 1. The Morgan fingerprint density at radius 3 is 2.89 bits per heavy atom. The van der Waals surface area contributed by atoms with Gasteiger partial charge in [-0.3, -0.25) is 0 Å². The van der Waals surface area contributed by atoms with Gasteiger partial charge in [0.15, 0.2) is 10.8 Å². The zero-order valence-corrected chi connectivity index (χ0v) is 10.7. The molecule has 2 rings (SSSR count). The van der Waals surface area contributed by atoms with E-state index >= 15 is 0 Å². The second kappa shape index (κ2) is 4.73. The molecular formula is C12H11FN2O2S. The first-order chi connectivity index (χ1) is 8.52. The topological polar surface area (TPSA) is 65.2 Å². The molecule has 1 aromatic heterocycles. The Morgan fingerprint density at radius 1 is 1.50 bits per heavy atom. The van der Waals surface area contributed by atoms with E-state index in [2.05, 4.69) is 9.72 Å². The number of anilines is 1. The molecule has 0 amide bonds. The highest BCUT2D eigenvalue weighted by molar-refractivity contribution is 7.19. The summed E-state index contributed by atoms with van der Waals surface area (Å²) in [6.07, 6.45) is 0. The van der Waals surface area contributed by atoms with Gasteiger partial charge in [0.2, 0.25) is 0 Å². The summed E-state index contributed by atoms with van der Waals surface area (Å²) in [6.45, 7) is 1.83. The minimum absolute atomic E-state index is 0.119. The van der Waals surface area contributed by atoms with E-state index in [9.17, 15) is 9.18 Å². The molecule has 0 saturated carbocycles. The Kier molecular flexibility index (Phi) is 3.29. The second-order valence-electron chi connectivity index (χ2n) is 3.68. The highest BCUT2D eigenvalue weighted by Crippen LogP contribution is 2.34. The number of nitrogens with zero attached hydrogens (tertiary/aromatic N) is 1. The van der Waals surface area contributed by atoms with Crippen LogP contribution < -0.4 is 5.73 Å². The summed E-state index contributed by atoms with van der Waals surface area (Å²) in [4.78, 5) is 16.0. The summed E-state index contributed by atoms with van der Waals surface area (Å²) >= 11 is 1.13. The molecule has 4 nitrogen and oxygen atoms in total. The number of rotatable bonds is 2. The molecule has 0 aliphatic carbocycles. The molecule has 0 radical (unpaired) electrons. The number of nitrogen functional groups attached to an aromatic ring is 1. The first kappa shape index (κ1) is 12.5. The predicted molar refractivity (Wildman–Crippen MR) is 68.0 cm³/mol. The van der Waals surface area contributed by atoms with Crippen molar-refractivity contribution in [2.45, 2.75) is 6.92 Å². The molecule has 6 heteroatoms. The fraction of sp³-hybridized carbons (Fsp3) is 0.167. The van der Waals surface area contributed by atoms with Gasteiger partial charge in [-0.2, -0.15) is 0 Å². The van der Waals surface area contributed by atoms with Crippen molar-refractivity contribution in [2.24, 2.45) is 0 Å². The van der Waals surface area contributed by atoms with Crippen LogP contribution in [0.15, 0.2) is 18.2 Å². The average Bonchev–Trinajstić information content (AvgIpc) is 2.73. The molecule has 0 saturated heterocycles. The molecule has 0 unspecified atom stereocenters. The lowest BCUT2D eigenvalue weighted by Gasteiger charge is -2.05. The summed E-state index contributed by atoms with van der Waals surface area (Å²) in [7, 11) is 1.26. The maximum absolute atomic E-state index is 13.3. The van der Waals surface area contributed by atoms with E-state index in [4.69, 9.17) is 5.73 Å². The van der Waals surface area contributed by atoms with Crippen LogP contribution >= 0.6 is 11.3 Å². The van der Waals surface area contributed by atoms with E-state index in [1.807, 2.05) is 6.92 Å². The Labute approximate surface area is 107 Å². The lowest BCUT2D eigenvalue weighted by Crippen LogP contribution is -2.04. The molecule has 94 valence electrons. The summed E-state index contributed by atoms with van der Waals surface area (Å²) in [5.74, 6) is -0.958. The molecule has 1 aromatic carbocycles. The third kappa shape index (κ3) is 2.19. The van der Waals surface area contributed by atoms with Crippen LogP contribution in [0.2, 0.25) is 0 Å². The van der Waals surface area contributed by atoms with Crippen LogP contribution in [0.5, 0.6) is 0 Å². The Morgan fingerprint density at radius 2 is 2.22 bits per heavy atom. The van der Waals surface area contributed by atoms with Gasteiger partial charge in [-0.25, -0.2) is 14.2 Å². The minimum Gasteiger partial charge on any atom is -0.464 e. The van der Waals surface area contributed by atoms with Gasteiger partial charge in [0.05, 0.1) is 12.0 Å². The smallest absolute Gasteiger partial charge is 0.358 e. The van der Waals surface area contributed by atoms with Crippen LogP contribution in [0.1, 0.15) is 16.1 Å². The summed E-state index contributed by atoms with van der Waals surface area (Å²) in [6, 6.07) is 4.36. The van der Waals surface area contributed by atoms with Crippen LogP contribution in [-0.4, -0.2) is 18.1 Å². The third-order valence-corrected chi connectivity index (χ3v) is 3.38. The molecule has 0 aliphatic heterocycles. The van der Waals surface area contributed by atoms with Gasteiger partial charge in [-0.05, 0) is 24.6 Å². The maximum Gasteiger partial charge on any atom is 0.358 e. The number of thiazole rings is 1. The average molecular weight is 266 g/mol. The highest BCUT2D eigenvalue weighted by Gasteiger charge is 2.20. The second-order valence-corrected chi connectivity index (χ2v) is 4.71. The molecule has 0 atom stereocenters. The third-order valence-electron chi connectivity index (χ3n) is 2.47. The van der Waals surface area contributed by atoms with Crippen molar-refractivity contribution < 1.29 is 13.9 Å². The molecule has 0 bridgehead atoms. The van der Waals surface area contributed by atoms with Gasteiger partial charge >= 0.3 is 5.97 Å². The number of nitrogens with two attached hydrogens (primary N) is 1. The number of hydrogen-bond donors (Lipinski definition) is 1. The summed E-state index contributed by atoms with van der Waals surface area (Å²) in [5.41, 5.74) is 7.16. The van der Waals surface area contributed by atoms with Crippen LogP contribution in [-0.2, 0) is 4.74 Å². The van der Waals surface area contributed by atoms with Crippen molar-refractivity contribution in [1.82, 2.24) is 4.98 Å². The number of aryl methyl sites for hydroxylation is 1. The number of aromatic nitrogens is 1. The SMILES string of the molecule is COC(=O)c1nc(N)sc1-c1cc(F)ccc1C. The predicted octanol–water partition coefficient (Wildman–Crippen LogP) is 2.63. The van der Waals surface area contributed by atoms with Crippen molar-refractivity contribution in [3.63, 3.8) is 0 Å². The van der Waals surface area contributed by atoms with Gasteiger partial charge in [0, 0.05) is 5.56 Å². The van der Waals surface area contributed by atoms with Crippen molar-refractivity contribution >= 4 is 22.4 Å². The molecule has 1 heterocycles. The lowest BCUT2D eigenvalue weighted by molar-refractivity contribution is 0.0596. The highest BCUT2D eigenvalue weighted by atomic mass is 32.1. The van der Waals surface area contributed by atoms with Crippen molar-refractivity contribution in [1.29, 1.82) is 0 Å². The van der Waals surface area contributed by atoms with Crippen LogP contribution in [0, 0.1) is 12.7 Å². The molecule has 0 aliphatic rings. The standard InChI is InChI=1S/C12H11FN2O2S/c1-6-3-4-7(13)5-8(6)10-9(11(16)17-2)15-12(14)18-10/h3-5H,1-2H3,(H2,14,15). The Hall–Kier alpha value is -1.95. The summed E-state index contributed by atoms with van der Waals surface area (Å²) in [5, 5.41) is 0.245. The fourth-order valence-electron chi connectivity index (χ4n) is 1.59. The van der Waals surface area contributed by atoms with Gasteiger partial charge in [-0.1, -0.05) is 17.4 Å². The van der Waals surface area contributed by atoms with Crippen molar-refractivity contribution in [3.05, 3.63) is 35.3 Å². The maximum atomic E-state index is 13.3. The molecule has 2 N–H and O–H groups in total. The van der Waals surface area contributed by atoms with Gasteiger partial charge in [-0.15, -0.1) is 0 Å². The van der Waals surface area contributed by atoms with Crippen LogP contribution in [0.4, 0.5) is 9.52 Å². The van der Waals surface area contributed by atoms with Crippen LogP contribution in [0.3, 0.4) is 0 Å². The monoisotopic (exact) mass is 266 g/mol. The van der Waals surface area contributed by atoms with E-state index in [0.717, 1.165) is 16.9 Å². The van der Waals surface area contributed by atoms with Crippen molar-refractivity contribution in [2.75, 3.05) is 12.8 Å². The van der Waals surface area contributed by atoms with Gasteiger partial charge < -0.3 is 10.5 Å².